The van der Waals surface area contributed by atoms with E-state index in [9.17, 15) is 19.8 Å². The number of pyridine rings is 1. The first-order valence-corrected chi connectivity index (χ1v) is 18.6. The van der Waals surface area contributed by atoms with E-state index in [1.54, 1.807) is 48.8 Å². The molecule has 0 radical (unpaired) electrons. The minimum atomic E-state index is -0.786. The number of aryl methyl sites for hydroxylation is 2. The Hall–Kier alpha value is -7.15. The molecule has 2 fully saturated rings. The van der Waals surface area contributed by atoms with Crippen molar-refractivity contribution in [3.05, 3.63) is 126 Å². The number of nitrogens with zero attached hydrogens (tertiary/aromatic N) is 7. The van der Waals surface area contributed by atoms with Crippen LogP contribution in [0.2, 0.25) is 0 Å². The number of fused-ring (bicyclic) bond motifs is 2. The van der Waals surface area contributed by atoms with E-state index in [0.717, 1.165) is 44.3 Å². The standard InChI is InChI=1S/C25H23N5O2.C19H17N3O3/c1-16-8-9-19-21(11-16)28-23(20-6-2-3-7-22(20)31)29-24(19)30-14-18(15-30)25(32)27-13-17-5-4-10-26-12-17;1-11-6-7-13-15(8-11)20-17(14-4-2-3-5-16(14)23)21-18(13)22-9-12(10-22)19(24)25/h2-12,18,31H,13-15H2,1H3,(H,27,32);2-8,12,23H,9-10H2,1H3,(H,24,25). The maximum absolute atomic E-state index is 12.6. The number of anilines is 2. The van der Waals surface area contributed by atoms with E-state index in [4.69, 9.17) is 15.1 Å². The third kappa shape index (κ3) is 7.72. The lowest BCUT2D eigenvalue weighted by atomic mass is 9.98. The fourth-order valence-electron chi connectivity index (χ4n) is 6.96. The number of aromatic nitrogens is 5. The number of carbonyl (C=O) groups is 2. The van der Waals surface area contributed by atoms with Crippen LogP contribution in [0, 0.1) is 25.7 Å². The van der Waals surface area contributed by atoms with Gasteiger partial charge in [0, 0.05) is 55.9 Å². The molecule has 4 N–H and O–H groups in total. The molecule has 7 aromatic rings. The lowest BCUT2D eigenvalue weighted by molar-refractivity contribution is -0.142. The number of phenolic OH excluding ortho intramolecular Hbond substituents is 2. The van der Waals surface area contributed by atoms with Crippen LogP contribution in [-0.4, -0.2) is 78.3 Å². The van der Waals surface area contributed by atoms with Gasteiger partial charge in [0.2, 0.25) is 5.91 Å². The second-order valence-electron chi connectivity index (χ2n) is 14.4. The zero-order chi connectivity index (χ0) is 39.6. The number of aliphatic carboxylic acids is 1. The van der Waals surface area contributed by atoms with Crippen molar-refractivity contribution in [1.82, 2.24) is 30.2 Å². The predicted octanol–water partition coefficient (Wildman–Crippen LogP) is 6.29. The quantitative estimate of drug-likeness (QED) is 0.136. The van der Waals surface area contributed by atoms with Gasteiger partial charge in [-0.15, -0.1) is 0 Å². The van der Waals surface area contributed by atoms with Gasteiger partial charge >= 0.3 is 5.97 Å². The molecule has 2 aliphatic rings. The second kappa shape index (κ2) is 15.5. The zero-order valence-corrected chi connectivity index (χ0v) is 31.4. The third-order valence-corrected chi connectivity index (χ3v) is 10.2. The fraction of sp³-hybridized carbons (Fsp3) is 0.205. The summed E-state index contributed by atoms with van der Waals surface area (Å²) in [5.74, 6) is 1.43. The highest BCUT2D eigenvalue weighted by atomic mass is 16.4. The fourth-order valence-corrected chi connectivity index (χ4v) is 6.96. The summed E-state index contributed by atoms with van der Waals surface area (Å²) in [6, 6.07) is 29.8. The van der Waals surface area contributed by atoms with Crippen molar-refractivity contribution in [3.8, 4) is 34.3 Å². The smallest absolute Gasteiger partial charge is 0.310 e. The van der Waals surface area contributed by atoms with Crippen LogP contribution in [0.1, 0.15) is 16.7 Å². The van der Waals surface area contributed by atoms with Crippen LogP contribution < -0.4 is 15.1 Å². The lowest BCUT2D eigenvalue weighted by Gasteiger charge is -2.39. The van der Waals surface area contributed by atoms with Gasteiger partial charge in [0.1, 0.15) is 23.1 Å². The van der Waals surface area contributed by atoms with Gasteiger partial charge in [-0.3, -0.25) is 14.6 Å². The molecule has 3 aromatic heterocycles. The van der Waals surface area contributed by atoms with Crippen molar-refractivity contribution < 1.29 is 24.9 Å². The van der Waals surface area contributed by atoms with Crippen molar-refractivity contribution in [2.24, 2.45) is 11.8 Å². The van der Waals surface area contributed by atoms with Gasteiger partial charge in [0.25, 0.3) is 0 Å². The summed E-state index contributed by atoms with van der Waals surface area (Å²) < 4.78 is 0. The molecule has 0 unspecified atom stereocenters. The first kappa shape index (κ1) is 36.8. The monoisotopic (exact) mass is 760 g/mol. The zero-order valence-electron chi connectivity index (χ0n) is 31.4. The van der Waals surface area contributed by atoms with Crippen molar-refractivity contribution >= 4 is 45.3 Å². The Morgan fingerprint density at radius 2 is 1.18 bits per heavy atom. The molecule has 9 rings (SSSR count). The van der Waals surface area contributed by atoms with Crippen LogP contribution in [0.25, 0.3) is 44.6 Å². The third-order valence-electron chi connectivity index (χ3n) is 10.2. The van der Waals surface area contributed by atoms with E-state index < -0.39 is 5.97 Å². The molecular formula is C44H40N8O5. The lowest BCUT2D eigenvalue weighted by Crippen LogP contribution is -2.54. The molecule has 13 nitrogen and oxygen atoms in total. The number of nitrogens with one attached hydrogen (secondary N) is 1. The van der Waals surface area contributed by atoms with E-state index in [0.29, 0.717) is 61.3 Å². The molecule has 1 amide bonds. The van der Waals surface area contributed by atoms with Crippen molar-refractivity contribution in [2.75, 3.05) is 36.0 Å². The molecule has 5 heterocycles. The molecule has 0 spiro atoms. The summed E-state index contributed by atoms with van der Waals surface area (Å²) in [4.78, 5) is 50.6. The number of benzene rings is 4. The van der Waals surface area contributed by atoms with Crippen LogP contribution in [0.15, 0.2) is 109 Å². The van der Waals surface area contributed by atoms with Crippen molar-refractivity contribution in [3.63, 3.8) is 0 Å². The molecule has 2 saturated heterocycles. The normalized spacial score (nSPS) is 14.1. The van der Waals surface area contributed by atoms with E-state index in [1.165, 1.54) is 0 Å². The average molecular weight is 761 g/mol. The molecule has 0 aliphatic carbocycles. The molecular weight excluding hydrogens is 721 g/mol. The number of aromatic hydroxyl groups is 2. The van der Waals surface area contributed by atoms with Crippen molar-refractivity contribution in [1.29, 1.82) is 0 Å². The van der Waals surface area contributed by atoms with Gasteiger partial charge in [0.05, 0.1) is 34.0 Å². The molecule has 0 atom stereocenters. The van der Waals surface area contributed by atoms with E-state index >= 15 is 0 Å². The molecule has 0 bridgehead atoms. The summed E-state index contributed by atoms with van der Waals surface area (Å²) in [7, 11) is 0. The Labute approximate surface area is 328 Å². The highest BCUT2D eigenvalue weighted by Gasteiger charge is 2.36. The number of phenols is 2. The average Bonchev–Trinajstić information content (AvgIpc) is 3.16. The first-order chi connectivity index (χ1) is 27.6. The summed E-state index contributed by atoms with van der Waals surface area (Å²) in [5, 5.41) is 34.4. The van der Waals surface area contributed by atoms with Gasteiger partial charge in [-0.2, -0.15) is 0 Å². The maximum atomic E-state index is 12.6. The Morgan fingerprint density at radius 3 is 1.65 bits per heavy atom. The molecule has 2 aliphatic heterocycles. The van der Waals surface area contributed by atoms with Gasteiger partial charge in [-0.25, -0.2) is 19.9 Å². The van der Waals surface area contributed by atoms with Crippen molar-refractivity contribution in [2.45, 2.75) is 20.4 Å². The minimum Gasteiger partial charge on any atom is -0.507 e. The number of hydrogen-bond donors (Lipinski definition) is 4. The summed E-state index contributed by atoms with van der Waals surface area (Å²) >= 11 is 0. The van der Waals surface area contributed by atoms with Crippen LogP contribution in [-0.2, 0) is 16.1 Å². The van der Waals surface area contributed by atoms with Crippen LogP contribution in [0.4, 0.5) is 11.6 Å². The Kier molecular flexibility index (Phi) is 10.0. The topological polar surface area (TPSA) is 178 Å². The maximum Gasteiger partial charge on any atom is 0.310 e. The van der Waals surface area contributed by atoms with Gasteiger partial charge in [0.15, 0.2) is 11.6 Å². The number of carbonyl (C=O) groups excluding carboxylic acids is 1. The Morgan fingerprint density at radius 1 is 0.667 bits per heavy atom. The Balaban J connectivity index is 0.000000165. The van der Waals surface area contributed by atoms with E-state index in [1.807, 2.05) is 79.4 Å². The minimum absolute atomic E-state index is 0.0280. The van der Waals surface area contributed by atoms with Crippen LogP contribution >= 0.6 is 0 Å². The van der Waals surface area contributed by atoms with Gasteiger partial charge in [-0.1, -0.05) is 42.5 Å². The first-order valence-electron chi connectivity index (χ1n) is 18.6. The number of rotatable bonds is 8. The summed E-state index contributed by atoms with van der Waals surface area (Å²) in [6.07, 6.45) is 3.47. The van der Waals surface area contributed by atoms with Gasteiger partial charge in [-0.05, 0) is 85.1 Å². The highest BCUT2D eigenvalue weighted by molar-refractivity contribution is 5.94. The molecule has 57 heavy (non-hydrogen) atoms. The number of para-hydroxylation sites is 2. The van der Waals surface area contributed by atoms with Crippen LogP contribution in [0.5, 0.6) is 11.5 Å². The molecule has 4 aromatic carbocycles. The Bertz CT molecular complexity index is 2630. The number of carboxylic acid groups (broad SMARTS) is 1. The highest BCUT2D eigenvalue weighted by Crippen LogP contribution is 2.36. The number of hydrogen-bond acceptors (Lipinski definition) is 11. The SMILES string of the molecule is Cc1ccc2c(N3CC(C(=O)NCc4cccnc4)C3)nc(-c3ccccc3O)nc2c1.Cc1ccc2c(N3CC(C(=O)O)C3)nc(-c3ccccc3O)nc2c1. The largest absolute Gasteiger partial charge is 0.507 e. The summed E-state index contributed by atoms with van der Waals surface area (Å²) in [6.45, 7) is 6.50. The van der Waals surface area contributed by atoms with Crippen LogP contribution in [0.3, 0.4) is 0 Å². The molecule has 286 valence electrons. The number of amides is 1. The number of carboxylic acids is 1. The van der Waals surface area contributed by atoms with Gasteiger partial charge < -0.3 is 30.4 Å². The molecule has 0 saturated carbocycles. The van der Waals surface area contributed by atoms with E-state index in [-0.39, 0.29) is 29.2 Å². The molecule has 13 heteroatoms. The second-order valence-corrected chi connectivity index (χ2v) is 14.4. The predicted molar refractivity (Wildman–Crippen MR) is 218 cm³/mol. The summed E-state index contributed by atoms with van der Waals surface area (Å²) in [5.41, 5.74) is 5.89. The van der Waals surface area contributed by atoms with E-state index in [2.05, 4.69) is 25.2 Å².